The third kappa shape index (κ3) is 4.67. The van der Waals surface area contributed by atoms with Crippen LogP contribution in [-0.4, -0.2) is 64.2 Å². The van der Waals surface area contributed by atoms with Gasteiger partial charge in [0, 0.05) is 44.5 Å². The van der Waals surface area contributed by atoms with E-state index in [2.05, 4.69) is 5.32 Å². The Bertz CT molecular complexity index is 866. The molecule has 1 aliphatic rings. The molecule has 1 aliphatic heterocycles. The molecule has 0 spiro atoms. The summed E-state index contributed by atoms with van der Waals surface area (Å²) in [7, 11) is 7.01. The highest BCUT2D eigenvalue weighted by Crippen LogP contribution is 2.30. The van der Waals surface area contributed by atoms with Gasteiger partial charge in [0.15, 0.2) is 0 Å². The average molecular weight is 412 g/mol. The minimum absolute atomic E-state index is 0.0367. The number of hydrogen-bond donors (Lipinski definition) is 1. The number of rotatable bonds is 6. The maximum Gasteiger partial charge on any atom is 0.261 e. The Morgan fingerprint density at radius 1 is 0.967 bits per heavy atom. The molecule has 160 valence electrons. The molecule has 2 aromatic rings. The zero-order valence-electron chi connectivity index (χ0n) is 18.0. The van der Waals surface area contributed by atoms with Gasteiger partial charge >= 0.3 is 0 Å². The first-order chi connectivity index (χ1) is 14.4. The van der Waals surface area contributed by atoms with Gasteiger partial charge in [-0.05, 0) is 49.2 Å². The number of carbonyl (C=O) groups is 2. The molecule has 0 radical (unpaired) electrons. The fourth-order valence-corrected chi connectivity index (χ4v) is 3.63. The summed E-state index contributed by atoms with van der Waals surface area (Å²) >= 11 is 0. The minimum atomic E-state index is -0.117. The SMILES string of the molecule is COc1cccc(OC)c1C(=O)N1CCC(NC(=O)c2ccc(N(C)C)cc2)CC1. The monoisotopic (exact) mass is 411 g/mol. The molecule has 0 bridgehead atoms. The summed E-state index contributed by atoms with van der Waals surface area (Å²) in [6.07, 6.45) is 1.40. The van der Waals surface area contributed by atoms with E-state index in [4.69, 9.17) is 9.47 Å². The maximum atomic E-state index is 13.1. The third-order valence-corrected chi connectivity index (χ3v) is 5.40. The molecule has 0 saturated carbocycles. The van der Waals surface area contributed by atoms with Crippen molar-refractivity contribution in [2.75, 3.05) is 46.3 Å². The number of likely N-dealkylation sites (tertiary alicyclic amines) is 1. The molecule has 1 fully saturated rings. The predicted octanol–water partition coefficient (Wildman–Crippen LogP) is 2.80. The zero-order valence-corrected chi connectivity index (χ0v) is 18.0. The Kier molecular flexibility index (Phi) is 6.82. The van der Waals surface area contributed by atoms with E-state index in [0.717, 1.165) is 5.69 Å². The molecule has 0 unspecified atom stereocenters. The highest BCUT2D eigenvalue weighted by atomic mass is 16.5. The van der Waals surface area contributed by atoms with E-state index in [9.17, 15) is 9.59 Å². The van der Waals surface area contributed by atoms with Crippen LogP contribution in [0.4, 0.5) is 5.69 Å². The normalized spacial score (nSPS) is 14.2. The van der Waals surface area contributed by atoms with Gasteiger partial charge in [-0.3, -0.25) is 9.59 Å². The number of amides is 2. The number of hydrogen-bond acceptors (Lipinski definition) is 5. The second-order valence-electron chi connectivity index (χ2n) is 7.52. The summed E-state index contributed by atoms with van der Waals surface area (Å²) in [5, 5.41) is 3.09. The lowest BCUT2D eigenvalue weighted by Crippen LogP contribution is -2.46. The van der Waals surface area contributed by atoms with Crippen LogP contribution >= 0.6 is 0 Å². The summed E-state index contributed by atoms with van der Waals surface area (Å²) in [4.78, 5) is 29.4. The largest absolute Gasteiger partial charge is 0.496 e. The summed E-state index contributed by atoms with van der Waals surface area (Å²) < 4.78 is 10.7. The van der Waals surface area contributed by atoms with Crippen LogP contribution in [0.5, 0.6) is 11.5 Å². The second-order valence-corrected chi connectivity index (χ2v) is 7.52. The first kappa shape index (κ1) is 21.5. The van der Waals surface area contributed by atoms with E-state index in [1.807, 2.05) is 43.3 Å². The molecule has 7 heteroatoms. The summed E-state index contributed by atoms with van der Waals surface area (Å²) in [6.45, 7) is 1.12. The summed E-state index contributed by atoms with van der Waals surface area (Å²) in [5.74, 6) is 0.789. The zero-order chi connectivity index (χ0) is 21.7. The minimum Gasteiger partial charge on any atom is -0.496 e. The van der Waals surface area contributed by atoms with Crippen molar-refractivity contribution in [2.24, 2.45) is 0 Å². The van der Waals surface area contributed by atoms with Gasteiger partial charge in [-0.25, -0.2) is 0 Å². The van der Waals surface area contributed by atoms with Crippen molar-refractivity contribution >= 4 is 17.5 Å². The Morgan fingerprint density at radius 2 is 1.53 bits per heavy atom. The van der Waals surface area contributed by atoms with Crippen LogP contribution in [0, 0.1) is 0 Å². The molecule has 1 saturated heterocycles. The first-order valence-corrected chi connectivity index (χ1v) is 10.0. The lowest BCUT2D eigenvalue weighted by molar-refractivity contribution is 0.0691. The van der Waals surface area contributed by atoms with Crippen molar-refractivity contribution < 1.29 is 19.1 Å². The number of anilines is 1. The predicted molar refractivity (Wildman–Crippen MR) is 117 cm³/mol. The van der Waals surface area contributed by atoms with E-state index in [0.29, 0.717) is 48.6 Å². The highest BCUT2D eigenvalue weighted by Gasteiger charge is 2.28. The topological polar surface area (TPSA) is 71.1 Å². The van der Waals surface area contributed by atoms with Gasteiger partial charge in [0.05, 0.1) is 14.2 Å². The van der Waals surface area contributed by atoms with E-state index >= 15 is 0 Å². The van der Waals surface area contributed by atoms with Crippen LogP contribution in [0.25, 0.3) is 0 Å². The first-order valence-electron chi connectivity index (χ1n) is 10.0. The Balaban J connectivity index is 1.60. The number of piperidine rings is 1. The Labute approximate surface area is 177 Å². The summed E-state index contributed by atoms with van der Waals surface area (Å²) in [5.41, 5.74) is 2.12. The van der Waals surface area contributed by atoms with E-state index in [1.54, 1.807) is 37.3 Å². The van der Waals surface area contributed by atoms with Gasteiger partial charge < -0.3 is 24.6 Å². The van der Waals surface area contributed by atoms with Crippen molar-refractivity contribution in [3.8, 4) is 11.5 Å². The van der Waals surface area contributed by atoms with Gasteiger partial charge in [0.2, 0.25) is 0 Å². The van der Waals surface area contributed by atoms with Gasteiger partial charge in [-0.15, -0.1) is 0 Å². The molecule has 30 heavy (non-hydrogen) atoms. The Morgan fingerprint density at radius 3 is 2.03 bits per heavy atom. The molecule has 2 aromatic carbocycles. The van der Waals surface area contributed by atoms with Crippen LogP contribution in [0.3, 0.4) is 0 Å². The smallest absolute Gasteiger partial charge is 0.261 e. The van der Waals surface area contributed by atoms with Gasteiger partial charge in [-0.2, -0.15) is 0 Å². The second kappa shape index (κ2) is 9.52. The van der Waals surface area contributed by atoms with E-state index in [-0.39, 0.29) is 17.9 Å². The number of nitrogens with zero attached hydrogens (tertiary/aromatic N) is 2. The van der Waals surface area contributed by atoms with Crippen LogP contribution in [0.2, 0.25) is 0 Å². The van der Waals surface area contributed by atoms with E-state index < -0.39 is 0 Å². The lowest BCUT2D eigenvalue weighted by Gasteiger charge is -2.33. The maximum absolute atomic E-state index is 13.1. The number of nitrogens with one attached hydrogen (secondary N) is 1. The molecular weight excluding hydrogens is 382 g/mol. The molecule has 0 atom stereocenters. The van der Waals surface area contributed by atoms with Gasteiger partial charge in [0.1, 0.15) is 17.1 Å². The van der Waals surface area contributed by atoms with Crippen LogP contribution in [0.1, 0.15) is 33.6 Å². The number of methoxy groups -OCH3 is 2. The molecular formula is C23H29N3O4. The lowest BCUT2D eigenvalue weighted by atomic mass is 10.0. The van der Waals surface area contributed by atoms with Crippen LogP contribution in [-0.2, 0) is 0 Å². The average Bonchev–Trinajstić information content (AvgIpc) is 2.78. The molecule has 1 heterocycles. The standard InChI is InChI=1S/C23H29N3O4/c1-25(2)18-10-8-16(9-11-18)22(27)24-17-12-14-26(15-13-17)23(28)21-19(29-3)6-5-7-20(21)30-4/h5-11,17H,12-15H2,1-4H3,(H,24,27). The fourth-order valence-electron chi connectivity index (χ4n) is 3.63. The van der Waals surface area contributed by atoms with Crippen LogP contribution in [0.15, 0.2) is 42.5 Å². The fraction of sp³-hybridized carbons (Fsp3) is 0.391. The number of benzene rings is 2. The van der Waals surface area contributed by atoms with Crippen molar-refractivity contribution in [3.63, 3.8) is 0 Å². The molecule has 1 N–H and O–H groups in total. The number of ether oxygens (including phenoxy) is 2. The van der Waals surface area contributed by atoms with Gasteiger partial charge in [0.25, 0.3) is 11.8 Å². The van der Waals surface area contributed by atoms with Crippen molar-refractivity contribution in [2.45, 2.75) is 18.9 Å². The quantitative estimate of drug-likeness (QED) is 0.792. The highest BCUT2D eigenvalue weighted by molar-refractivity contribution is 6.00. The van der Waals surface area contributed by atoms with Crippen molar-refractivity contribution in [1.29, 1.82) is 0 Å². The van der Waals surface area contributed by atoms with E-state index in [1.165, 1.54) is 0 Å². The molecule has 2 amide bonds. The molecule has 3 rings (SSSR count). The van der Waals surface area contributed by atoms with Crippen molar-refractivity contribution in [1.82, 2.24) is 10.2 Å². The molecule has 0 aliphatic carbocycles. The third-order valence-electron chi connectivity index (χ3n) is 5.40. The summed E-state index contributed by atoms with van der Waals surface area (Å²) in [6, 6.07) is 12.9. The van der Waals surface area contributed by atoms with Crippen molar-refractivity contribution in [3.05, 3.63) is 53.6 Å². The van der Waals surface area contributed by atoms with Gasteiger partial charge in [-0.1, -0.05) is 6.07 Å². The number of carbonyl (C=O) groups excluding carboxylic acids is 2. The van der Waals surface area contributed by atoms with Crippen LogP contribution < -0.4 is 19.7 Å². The molecule has 7 nitrogen and oxygen atoms in total. The molecule has 0 aromatic heterocycles. The Hall–Kier alpha value is -3.22.